The van der Waals surface area contributed by atoms with E-state index in [0.717, 1.165) is 11.1 Å². The maximum atomic E-state index is 12.8. The Labute approximate surface area is 184 Å². The number of benzene rings is 3. The summed E-state index contributed by atoms with van der Waals surface area (Å²) < 4.78 is 26.8. The number of nitrogens with zero attached hydrogens (tertiary/aromatic N) is 1. The van der Waals surface area contributed by atoms with Gasteiger partial charge < -0.3 is 5.32 Å². The zero-order chi connectivity index (χ0) is 22.8. The van der Waals surface area contributed by atoms with E-state index in [1.807, 2.05) is 13.8 Å². The molecule has 0 saturated carbocycles. The molecular formula is C25H28N2O3S. The lowest BCUT2D eigenvalue weighted by Gasteiger charge is -2.20. The minimum Gasteiger partial charge on any atom is -0.346 e. The number of carbonyl (C=O) groups is 1. The van der Waals surface area contributed by atoms with E-state index >= 15 is 0 Å². The lowest BCUT2D eigenvalue weighted by molar-refractivity contribution is 0.0940. The molecule has 1 N–H and O–H groups in total. The average Bonchev–Trinajstić information content (AvgIpc) is 2.76. The summed E-state index contributed by atoms with van der Waals surface area (Å²) in [5.41, 5.74) is 5.60. The van der Waals surface area contributed by atoms with Gasteiger partial charge >= 0.3 is 0 Å². The van der Waals surface area contributed by atoms with Crippen molar-refractivity contribution < 1.29 is 13.2 Å². The SMILES string of the molecule is Cc1cc(C)c(C(C)NC(=O)c2ccc(N(C)S(=O)(=O)c3ccccc3)cc2)cc1C. The van der Waals surface area contributed by atoms with Crippen molar-refractivity contribution in [2.75, 3.05) is 11.4 Å². The average molecular weight is 437 g/mol. The molecule has 0 aliphatic carbocycles. The van der Waals surface area contributed by atoms with Gasteiger partial charge in [0.25, 0.3) is 15.9 Å². The summed E-state index contributed by atoms with van der Waals surface area (Å²) >= 11 is 0. The molecule has 3 aromatic rings. The van der Waals surface area contributed by atoms with Crippen molar-refractivity contribution in [1.82, 2.24) is 5.32 Å². The summed E-state index contributed by atoms with van der Waals surface area (Å²) in [7, 11) is -2.16. The third-order valence-electron chi connectivity index (χ3n) is 5.59. The molecule has 1 atom stereocenters. The van der Waals surface area contributed by atoms with E-state index < -0.39 is 10.0 Å². The molecular weight excluding hydrogens is 408 g/mol. The van der Waals surface area contributed by atoms with Gasteiger partial charge in [0.2, 0.25) is 0 Å². The van der Waals surface area contributed by atoms with Gasteiger partial charge in [-0.1, -0.05) is 30.3 Å². The molecule has 3 rings (SSSR count). The topological polar surface area (TPSA) is 66.5 Å². The first-order chi connectivity index (χ1) is 14.6. The highest BCUT2D eigenvalue weighted by atomic mass is 32.2. The maximum absolute atomic E-state index is 12.8. The van der Waals surface area contributed by atoms with Gasteiger partial charge in [0.15, 0.2) is 0 Å². The molecule has 0 spiro atoms. The summed E-state index contributed by atoms with van der Waals surface area (Å²) in [6, 6.07) is 18.9. The van der Waals surface area contributed by atoms with Crippen molar-refractivity contribution in [1.29, 1.82) is 0 Å². The van der Waals surface area contributed by atoms with Crippen LogP contribution < -0.4 is 9.62 Å². The van der Waals surface area contributed by atoms with Crippen molar-refractivity contribution >= 4 is 21.6 Å². The molecule has 0 fully saturated rings. The molecule has 0 heterocycles. The van der Waals surface area contributed by atoms with Crippen LogP contribution in [0.2, 0.25) is 0 Å². The number of hydrogen-bond donors (Lipinski definition) is 1. The van der Waals surface area contributed by atoms with Crippen LogP contribution >= 0.6 is 0 Å². The Balaban J connectivity index is 1.75. The van der Waals surface area contributed by atoms with E-state index in [2.05, 4.69) is 31.3 Å². The van der Waals surface area contributed by atoms with Gasteiger partial charge in [-0.2, -0.15) is 0 Å². The molecule has 0 aliphatic heterocycles. The monoisotopic (exact) mass is 436 g/mol. The number of rotatable bonds is 6. The summed E-state index contributed by atoms with van der Waals surface area (Å²) in [5.74, 6) is -0.203. The number of hydrogen-bond acceptors (Lipinski definition) is 3. The van der Waals surface area contributed by atoms with Crippen molar-refractivity contribution in [3.63, 3.8) is 0 Å². The number of carbonyl (C=O) groups excluding carboxylic acids is 1. The van der Waals surface area contributed by atoms with Crippen LogP contribution in [0.4, 0.5) is 5.69 Å². The van der Waals surface area contributed by atoms with Crippen molar-refractivity contribution in [2.45, 2.75) is 38.6 Å². The van der Waals surface area contributed by atoms with Crippen LogP contribution in [0.5, 0.6) is 0 Å². The predicted octanol–water partition coefficient (Wildman–Crippen LogP) is 4.93. The summed E-state index contributed by atoms with van der Waals surface area (Å²) in [5, 5.41) is 3.03. The molecule has 1 unspecified atom stereocenters. The van der Waals surface area contributed by atoms with Crippen molar-refractivity contribution in [3.8, 4) is 0 Å². The molecule has 1 amide bonds. The zero-order valence-corrected chi connectivity index (χ0v) is 19.3. The molecule has 0 radical (unpaired) electrons. The largest absolute Gasteiger partial charge is 0.346 e. The third-order valence-corrected chi connectivity index (χ3v) is 7.39. The molecule has 5 nitrogen and oxygen atoms in total. The van der Waals surface area contributed by atoms with Gasteiger partial charge in [0.05, 0.1) is 16.6 Å². The lowest BCUT2D eigenvalue weighted by atomic mass is 9.96. The number of sulfonamides is 1. The Morgan fingerprint density at radius 1 is 0.871 bits per heavy atom. The molecule has 162 valence electrons. The van der Waals surface area contributed by atoms with Crippen LogP contribution in [0, 0.1) is 20.8 Å². The third kappa shape index (κ3) is 4.80. The highest BCUT2D eigenvalue weighted by molar-refractivity contribution is 7.92. The minimum atomic E-state index is -3.66. The van der Waals surface area contributed by atoms with Gasteiger partial charge in [0, 0.05) is 12.6 Å². The second kappa shape index (κ2) is 8.94. The maximum Gasteiger partial charge on any atom is 0.264 e. The van der Waals surface area contributed by atoms with E-state index in [-0.39, 0.29) is 16.8 Å². The fraction of sp³-hybridized carbons (Fsp3) is 0.240. The van der Waals surface area contributed by atoms with Crippen molar-refractivity contribution in [2.24, 2.45) is 0 Å². The van der Waals surface area contributed by atoms with Gasteiger partial charge in [-0.15, -0.1) is 0 Å². The van der Waals surface area contributed by atoms with Crippen LogP contribution in [0.25, 0.3) is 0 Å². The van der Waals surface area contributed by atoms with E-state index in [0.29, 0.717) is 11.3 Å². The number of anilines is 1. The summed E-state index contributed by atoms with van der Waals surface area (Å²) in [6.45, 7) is 8.14. The van der Waals surface area contributed by atoms with E-state index in [4.69, 9.17) is 0 Å². The standard InChI is InChI=1S/C25H28N2O3S/c1-17-15-19(3)24(16-18(17)2)20(4)26-25(28)21-11-13-22(14-12-21)27(5)31(29,30)23-9-7-6-8-10-23/h6-16,20H,1-5H3,(H,26,28). The molecule has 3 aromatic carbocycles. The second-order valence-corrected chi connectivity index (χ2v) is 9.79. The highest BCUT2D eigenvalue weighted by Crippen LogP contribution is 2.24. The first kappa shape index (κ1) is 22.6. The smallest absolute Gasteiger partial charge is 0.264 e. The zero-order valence-electron chi connectivity index (χ0n) is 18.5. The molecule has 0 saturated heterocycles. The normalized spacial score (nSPS) is 12.3. The van der Waals surface area contributed by atoms with Crippen LogP contribution in [-0.4, -0.2) is 21.4 Å². The molecule has 31 heavy (non-hydrogen) atoms. The van der Waals surface area contributed by atoms with Gasteiger partial charge in [-0.3, -0.25) is 9.10 Å². The molecule has 0 aromatic heterocycles. The van der Waals surface area contributed by atoms with Gasteiger partial charge in [-0.25, -0.2) is 8.42 Å². The predicted molar refractivity (Wildman–Crippen MR) is 125 cm³/mol. The second-order valence-electron chi connectivity index (χ2n) is 7.82. The van der Waals surface area contributed by atoms with E-state index in [1.165, 1.54) is 22.5 Å². The highest BCUT2D eigenvalue weighted by Gasteiger charge is 2.21. The first-order valence-electron chi connectivity index (χ1n) is 10.1. The van der Waals surface area contributed by atoms with Crippen LogP contribution in [0.15, 0.2) is 71.6 Å². The Morgan fingerprint density at radius 3 is 2.06 bits per heavy atom. The Bertz CT molecular complexity index is 1190. The quantitative estimate of drug-likeness (QED) is 0.596. The summed E-state index contributed by atoms with van der Waals surface area (Å²) in [4.78, 5) is 13.0. The molecule has 0 bridgehead atoms. The van der Waals surface area contributed by atoms with Crippen LogP contribution in [0.1, 0.15) is 45.6 Å². The van der Waals surface area contributed by atoms with Crippen LogP contribution in [-0.2, 0) is 10.0 Å². The Hall–Kier alpha value is -3.12. The first-order valence-corrected chi connectivity index (χ1v) is 11.6. The minimum absolute atomic E-state index is 0.146. The van der Waals surface area contributed by atoms with Gasteiger partial charge in [-0.05, 0) is 86.3 Å². The molecule has 6 heteroatoms. The number of aryl methyl sites for hydroxylation is 3. The summed E-state index contributed by atoms with van der Waals surface area (Å²) in [6.07, 6.45) is 0. The Morgan fingerprint density at radius 2 is 1.45 bits per heavy atom. The number of nitrogens with one attached hydrogen (secondary N) is 1. The van der Waals surface area contributed by atoms with Crippen LogP contribution in [0.3, 0.4) is 0 Å². The lowest BCUT2D eigenvalue weighted by Crippen LogP contribution is -2.28. The fourth-order valence-electron chi connectivity index (χ4n) is 3.52. The Kier molecular flexibility index (Phi) is 6.51. The van der Waals surface area contributed by atoms with E-state index in [1.54, 1.807) is 54.6 Å². The van der Waals surface area contributed by atoms with E-state index in [9.17, 15) is 13.2 Å². The van der Waals surface area contributed by atoms with Crippen molar-refractivity contribution in [3.05, 3.63) is 94.5 Å². The fourth-order valence-corrected chi connectivity index (χ4v) is 4.74. The molecule has 0 aliphatic rings. The van der Waals surface area contributed by atoms with Gasteiger partial charge in [0.1, 0.15) is 0 Å². The number of amides is 1.